The topological polar surface area (TPSA) is 83.8 Å². The van der Waals surface area contributed by atoms with Crippen LogP contribution in [0, 0.1) is 13.8 Å². The van der Waals surface area contributed by atoms with E-state index in [-0.39, 0.29) is 24.4 Å². The number of rotatable bonds is 6. The molecule has 1 unspecified atom stereocenters. The number of aryl methyl sites for hydroxylation is 2. The number of methoxy groups -OCH3 is 1. The first-order valence-electron chi connectivity index (χ1n) is 9.10. The number of ether oxygens (including phenoxy) is 1. The summed E-state index contributed by atoms with van der Waals surface area (Å²) in [6, 6.07) is 7.13. The molecule has 1 fully saturated rings. The molecule has 0 bridgehead atoms. The van der Waals surface area contributed by atoms with E-state index in [9.17, 15) is 9.59 Å². The number of nitrogens with zero attached hydrogens (tertiary/aromatic N) is 1. The number of benzene rings is 1. The zero-order chi connectivity index (χ0) is 20.3. The van der Waals surface area contributed by atoms with Crippen LogP contribution in [-0.4, -0.2) is 44.6 Å². The molecule has 1 aromatic heterocycles. The van der Waals surface area contributed by atoms with E-state index < -0.39 is 0 Å². The van der Waals surface area contributed by atoms with Gasteiger partial charge in [0.15, 0.2) is 0 Å². The van der Waals surface area contributed by atoms with E-state index in [1.807, 2.05) is 12.1 Å². The lowest BCUT2D eigenvalue weighted by Gasteiger charge is -2.21. The van der Waals surface area contributed by atoms with Crippen molar-refractivity contribution in [1.82, 2.24) is 10.6 Å². The average molecular weight is 406 g/mol. The highest BCUT2D eigenvalue weighted by atomic mass is 35.5. The van der Waals surface area contributed by atoms with Crippen LogP contribution < -0.4 is 20.3 Å². The number of halogens is 1. The van der Waals surface area contributed by atoms with Gasteiger partial charge in [0.25, 0.3) is 5.91 Å². The van der Waals surface area contributed by atoms with E-state index in [0.29, 0.717) is 28.7 Å². The fourth-order valence-corrected chi connectivity index (χ4v) is 3.56. The molecule has 0 aliphatic carbocycles. The van der Waals surface area contributed by atoms with Crippen LogP contribution in [0.5, 0.6) is 5.75 Å². The van der Waals surface area contributed by atoms with E-state index in [1.54, 1.807) is 33.1 Å². The van der Waals surface area contributed by atoms with Crippen LogP contribution in [0.25, 0.3) is 0 Å². The summed E-state index contributed by atoms with van der Waals surface area (Å²) in [5, 5.41) is 6.23. The second-order valence-electron chi connectivity index (χ2n) is 6.82. The Kier molecular flexibility index (Phi) is 6.14. The van der Waals surface area contributed by atoms with Crippen molar-refractivity contribution in [3.05, 3.63) is 46.4 Å². The molecule has 3 rings (SSSR count). The summed E-state index contributed by atoms with van der Waals surface area (Å²) < 4.78 is 10.7. The lowest BCUT2D eigenvalue weighted by molar-refractivity contribution is -0.120. The molecule has 28 heavy (non-hydrogen) atoms. The number of hydrogen-bond acceptors (Lipinski definition) is 5. The lowest BCUT2D eigenvalue weighted by atomic mass is 10.2. The molecule has 1 atom stereocenters. The molecule has 8 heteroatoms. The Morgan fingerprint density at radius 1 is 1.32 bits per heavy atom. The highest BCUT2D eigenvalue weighted by molar-refractivity contribution is 6.30. The number of furan rings is 1. The summed E-state index contributed by atoms with van der Waals surface area (Å²) in [7, 11) is 1.62. The Morgan fingerprint density at radius 2 is 2.11 bits per heavy atom. The first kappa shape index (κ1) is 20.1. The van der Waals surface area contributed by atoms with Gasteiger partial charge >= 0.3 is 0 Å². The van der Waals surface area contributed by atoms with Gasteiger partial charge in [-0.2, -0.15) is 0 Å². The average Bonchev–Trinajstić information content (AvgIpc) is 3.25. The monoisotopic (exact) mass is 405 g/mol. The highest BCUT2D eigenvalue weighted by Crippen LogP contribution is 2.33. The van der Waals surface area contributed by atoms with E-state index in [2.05, 4.69) is 15.5 Å². The summed E-state index contributed by atoms with van der Waals surface area (Å²) in [5.41, 5.74) is 1.36. The van der Waals surface area contributed by atoms with Crippen molar-refractivity contribution in [2.75, 3.05) is 31.6 Å². The quantitative estimate of drug-likeness (QED) is 0.772. The fraction of sp³-hybridized carbons (Fsp3) is 0.400. The first-order chi connectivity index (χ1) is 13.4. The summed E-state index contributed by atoms with van der Waals surface area (Å²) in [5.74, 6) is 1.40. The molecule has 1 saturated heterocycles. The summed E-state index contributed by atoms with van der Waals surface area (Å²) in [6.45, 7) is 4.84. The van der Waals surface area contributed by atoms with Crippen molar-refractivity contribution in [2.24, 2.45) is 0 Å². The molecule has 150 valence electrons. The smallest absolute Gasteiger partial charge is 0.255 e. The minimum absolute atomic E-state index is 0.00834. The molecule has 2 heterocycles. The van der Waals surface area contributed by atoms with Crippen molar-refractivity contribution in [2.45, 2.75) is 26.3 Å². The number of hydrogen-bond donors (Lipinski definition) is 2. The number of nitrogens with one attached hydrogen (secondary N) is 2. The normalized spacial score (nSPS) is 16.1. The van der Waals surface area contributed by atoms with Gasteiger partial charge in [0.1, 0.15) is 17.3 Å². The predicted octanol–water partition coefficient (Wildman–Crippen LogP) is 2.68. The number of carbonyl (C=O) groups is 2. The number of anilines is 1. The minimum atomic E-state index is -0.318. The molecule has 1 aliphatic rings. The molecular weight excluding hydrogens is 382 g/mol. The van der Waals surface area contributed by atoms with Crippen molar-refractivity contribution < 1.29 is 18.7 Å². The predicted molar refractivity (Wildman–Crippen MR) is 107 cm³/mol. The van der Waals surface area contributed by atoms with Crippen LogP contribution in [-0.2, 0) is 4.79 Å². The molecule has 0 spiro atoms. The molecule has 0 saturated carbocycles. The molecule has 2 N–H and O–H groups in total. The molecule has 0 radical (unpaired) electrons. The van der Waals surface area contributed by atoms with Crippen LogP contribution in [0.4, 0.5) is 5.69 Å². The van der Waals surface area contributed by atoms with E-state index in [1.165, 1.54) is 0 Å². The van der Waals surface area contributed by atoms with E-state index in [4.69, 9.17) is 20.8 Å². The van der Waals surface area contributed by atoms with Crippen molar-refractivity contribution in [3.8, 4) is 5.75 Å². The maximum Gasteiger partial charge on any atom is 0.255 e. The van der Waals surface area contributed by atoms with Gasteiger partial charge in [-0.1, -0.05) is 11.6 Å². The largest absolute Gasteiger partial charge is 0.495 e. The van der Waals surface area contributed by atoms with Gasteiger partial charge in [-0.15, -0.1) is 0 Å². The van der Waals surface area contributed by atoms with Crippen molar-refractivity contribution >= 4 is 29.1 Å². The SMILES string of the molecule is COc1ccc(Cl)cc1N1CCC(NC(=O)CNC(=O)c2cc(C)oc2C)C1. The van der Waals surface area contributed by atoms with Crippen LogP contribution in [0.1, 0.15) is 28.3 Å². The first-order valence-corrected chi connectivity index (χ1v) is 9.48. The maximum atomic E-state index is 12.2. The zero-order valence-electron chi connectivity index (χ0n) is 16.2. The Bertz CT molecular complexity index is 880. The molecule has 2 aromatic rings. The zero-order valence-corrected chi connectivity index (χ0v) is 16.9. The van der Waals surface area contributed by atoms with Gasteiger partial charge in [0.2, 0.25) is 5.91 Å². The summed E-state index contributed by atoms with van der Waals surface area (Å²) >= 11 is 6.11. The Balaban J connectivity index is 1.51. The fourth-order valence-electron chi connectivity index (χ4n) is 3.40. The maximum absolute atomic E-state index is 12.2. The molecule has 2 amide bonds. The Hall–Kier alpha value is -2.67. The minimum Gasteiger partial charge on any atom is -0.495 e. The standard InChI is InChI=1S/C20H24ClN3O4/c1-12-8-16(13(2)28-12)20(26)22-10-19(25)23-15-6-7-24(11-15)17-9-14(21)4-5-18(17)27-3/h4-5,8-9,15H,6-7,10-11H2,1-3H3,(H,22,26)(H,23,25). The Morgan fingerprint density at radius 3 is 2.79 bits per heavy atom. The van der Waals surface area contributed by atoms with Crippen LogP contribution in [0.2, 0.25) is 5.02 Å². The van der Waals surface area contributed by atoms with Gasteiger partial charge < -0.3 is 24.7 Å². The second-order valence-corrected chi connectivity index (χ2v) is 7.26. The van der Waals surface area contributed by atoms with Gasteiger partial charge in [-0.3, -0.25) is 9.59 Å². The summed E-state index contributed by atoms with van der Waals surface area (Å²) in [6.07, 6.45) is 0.801. The van der Waals surface area contributed by atoms with Crippen molar-refractivity contribution in [3.63, 3.8) is 0 Å². The van der Waals surface area contributed by atoms with Gasteiger partial charge in [0.05, 0.1) is 24.9 Å². The number of carbonyl (C=O) groups excluding carboxylic acids is 2. The molecule has 1 aliphatic heterocycles. The third kappa shape index (κ3) is 4.59. The third-order valence-corrected chi connectivity index (χ3v) is 4.97. The summed E-state index contributed by atoms with van der Waals surface area (Å²) in [4.78, 5) is 26.5. The van der Waals surface area contributed by atoms with Crippen LogP contribution in [0.15, 0.2) is 28.7 Å². The van der Waals surface area contributed by atoms with Gasteiger partial charge in [-0.25, -0.2) is 0 Å². The molecular formula is C20H24ClN3O4. The van der Waals surface area contributed by atoms with Gasteiger partial charge in [0, 0.05) is 24.2 Å². The molecule has 1 aromatic carbocycles. The van der Waals surface area contributed by atoms with E-state index in [0.717, 1.165) is 24.4 Å². The van der Waals surface area contributed by atoms with Crippen molar-refractivity contribution in [1.29, 1.82) is 0 Å². The Labute approximate surface area is 169 Å². The van der Waals surface area contributed by atoms with Gasteiger partial charge in [-0.05, 0) is 44.5 Å². The lowest BCUT2D eigenvalue weighted by Crippen LogP contribution is -2.43. The van der Waals surface area contributed by atoms with Crippen LogP contribution in [0.3, 0.4) is 0 Å². The molecule has 7 nitrogen and oxygen atoms in total. The second kappa shape index (κ2) is 8.56. The number of amides is 2. The van der Waals surface area contributed by atoms with E-state index >= 15 is 0 Å². The van der Waals surface area contributed by atoms with Crippen LogP contribution >= 0.6 is 11.6 Å². The highest BCUT2D eigenvalue weighted by Gasteiger charge is 2.26. The third-order valence-electron chi connectivity index (χ3n) is 4.73.